The van der Waals surface area contributed by atoms with Crippen molar-refractivity contribution in [1.82, 2.24) is 20.2 Å². The topological polar surface area (TPSA) is 68.8 Å². The predicted molar refractivity (Wildman–Crippen MR) is 83.0 cm³/mol. The van der Waals surface area contributed by atoms with Crippen molar-refractivity contribution in [3.8, 4) is 0 Å². The van der Waals surface area contributed by atoms with Crippen LogP contribution >= 0.6 is 15.9 Å². The molecule has 2 heterocycles. The zero-order valence-electron chi connectivity index (χ0n) is 11.8. The maximum absolute atomic E-state index is 5.71. The molecule has 0 bridgehead atoms. The van der Waals surface area contributed by atoms with E-state index in [0.29, 0.717) is 0 Å². The molecule has 0 aliphatic heterocycles. The van der Waals surface area contributed by atoms with Crippen LogP contribution in [0.2, 0.25) is 0 Å². The van der Waals surface area contributed by atoms with Crippen molar-refractivity contribution in [1.29, 1.82) is 0 Å². The molecule has 0 amide bonds. The quantitative estimate of drug-likeness (QED) is 0.627. The standard InChI is InChI=1S/C14H20BrN5/c1-3-10-8-11(20(4-2)19-10)9-13(18-16)14-12(15)6-5-7-17-14/h5-8,13,18H,3-4,9,16H2,1-2H3. The minimum absolute atomic E-state index is 0.0442. The highest BCUT2D eigenvalue weighted by molar-refractivity contribution is 9.10. The van der Waals surface area contributed by atoms with Crippen molar-refractivity contribution < 1.29 is 0 Å². The largest absolute Gasteiger partial charge is 0.271 e. The number of hydrogen-bond donors (Lipinski definition) is 2. The highest BCUT2D eigenvalue weighted by atomic mass is 79.9. The van der Waals surface area contributed by atoms with Crippen molar-refractivity contribution in [2.45, 2.75) is 39.3 Å². The van der Waals surface area contributed by atoms with Crippen LogP contribution in [0.5, 0.6) is 0 Å². The molecule has 20 heavy (non-hydrogen) atoms. The second-order valence-corrected chi connectivity index (χ2v) is 5.44. The molecule has 6 heteroatoms. The Hall–Kier alpha value is -1.24. The Bertz CT molecular complexity index is 566. The van der Waals surface area contributed by atoms with Crippen molar-refractivity contribution in [2.24, 2.45) is 5.84 Å². The lowest BCUT2D eigenvalue weighted by molar-refractivity contribution is 0.505. The van der Waals surface area contributed by atoms with Crippen LogP contribution in [0.3, 0.4) is 0 Å². The molecule has 0 radical (unpaired) electrons. The van der Waals surface area contributed by atoms with Crippen LogP contribution in [0.4, 0.5) is 0 Å². The molecule has 2 rings (SSSR count). The first-order valence-electron chi connectivity index (χ1n) is 6.81. The summed E-state index contributed by atoms with van der Waals surface area (Å²) >= 11 is 3.53. The number of halogens is 1. The van der Waals surface area contributed by atoms with Crippen LogP contribution in [0.15, 0.2) is 28.9 Å². The van der Waals surface area contributed by atoms with E-state index in [1.165, 1.54) is 5.69 Å². The summed E-state index contributed by atoms with van der Waals surface area (Å²) in [6.45, 7) is 5.06. The molecule has 2 aromatic heterocycles. The normalized spacial score (nSPS) is 12.6. The van der Waals surface area contributed by atoms with Gasteiger partial charge in [-0.1, -0.05) is 6.92 Å². The Morgan fingerprint density at radius 3 is 2.85 bits per heavy atom. The number of nitrogens with one attached hydrogen (secondary N) is 1. The fraction of sp³-hybridized carbons (Fsp3) is 0.429. The fourth-order valence-electron chi connectivity index (χ4n) is 2.22. The van der Waals surface area contributed by atoms with Gasteiger partial charge in [-0.15, -0.1) is 0 Å². The molecular weight excluding hydrogens is 318 g/mol. The van der Waals surface area contributed by atoms with Gasteiger partial charge in [-0.05, 0) is 47.5 Å². The van der Waals surface area contributed by atoms with Crippen molar-refractivity contribution >= 4 is 15.9 Å². The van der Waals surface area contributed by atoms with Gasteiger partial charge >= 0.3 is 0 Å². The second kappa shape index (κ2) is 6.97. The number of aromatic nitrogens is 3. The van der Waals surface area contributed by atoms with Gasteiger partial charge in [0.15, 0.2) is 0 Å². The fourth-order valence-corrected chi connectivity index (χ4v) is 2.76. The Morgan fingerprint density at radius 1 is 1.45 bits per heavy atom. The third-order valence-electron chi connectivity index (χ3n) is 3.31. The van der Waals surface area contributed by atoms with Gasteiger partial charge in [0, 0.05) is 29.3 Å². The van der Waals surface area contributed by atoms with E-state index in [-0.39, 0.29) is 6.04 Å². The molecule has 0 saturated heterocycles. The predicted octanol–water partition coefficient (Wildman–Crippen LogP) is 2.37. The number of hydrogen-bond acceptors (Lipinski definition) is 4. The zero-order valence-corrected chi connectivity index (χ0v) is 13.4. The number of nitrogens with two attached hydrogens (primary N) is 1. The minimum Gasteiger partial charge on any atom is -0.271 e. The van der Waals surface area contributed by atoms with Crippen LogP contribution in [-0.4, -0.2) is 14.8 Å². The van der Waals surface area contributed by atoms with Crippen molar-refractivity contribution in [3.63, 3.8) is 0 Å². The number of hydrazine groups is 1. The smallest absolute Gasteiger partial charge is 0.0732 e. The van der Waals surface area contributed by atoms with Gasteiger partial charge in [0.05, 0.1) is 17.4 Å². The van der Waals surface area contributed by atoms with Gasteiger partial charge in [-0.2, -0.15) is 5.10 Å². The molecule has 0 aliphatic rings. The number of pyridine rings is 1. The SMILES string of the molecule is CCc1cc(CC(NN)c2ncccc2Br)n(CC)n1. The van der Waals surface area contributed by atoms with E-state index in [1.54, 1.807) is 6.20 Å². The van der Waals surface area contributed by atoms with E-state index < -0.39 is 0 Å². The average molecular weight is 338 g/mol. The summed E-state index contributed by atoms with van der Waals surface area (Å²) in [5, 5.41) is 4.57. The van der Waals surface area contributed by atoms with Gasteiger partial charge in [-0.3, -0.25) is 20.9 Å². The van der Waals surface area contributed by atoms with Crippen molar-refractivity contribution in [2.75, 3.05) is 0 Å². The zero-order chi connectivity index (χ0) is 14.5. The van der Waals surface area contributed by atoms with E-state index in [0.717, 1.165) is 35.2 Å². The van der Waals surface area contributed by atoms with E-state index in [4.69, 9.17) is 5.84 Å². The molecule has 3 N–H and O–H groups in total. The van der Waals surface area contributed by atoms with Crippen LogP contribution in [-0.2, 0) is 19.4 Å². The lowest BCUT2D eigenvalue weighted by Crippen LogP contribution is -2.31. The molecule has 0 aliphatic carbocycles. The minimum atomic E-state index is -0.0442. The molecule has 1 unspecified atom stereocenters. The molecule has 2 aromatic rings. The first-order chi connectivity index (χ1) is 9.69. The van der Waals surface area contributed by atoms with Gasteiger partial charge in [0.25, 0.3) is 0 Å². The summed E-state index contributed by atoms with van der Waals surface area (Å²) in [6.07, 6.45) is 3.47. The number of aryl methyl sites for hydroxylation is 2. The highest BCUT2D eigenvalue weighted by Gasteiger charge is 2.17. The Balaban J connectivity index is 2.26. The third kappa shape index (κ3) is 3.26. The van der Waals surface area contributed by atoms with Gasteiger partial charge < -0.3 is 0 Å². The number of rotatable bonds is 6. The van der Waals surface area contributed by atoms with Crippen LogP contribution in [0.1, 0.15) is 37.0 Å². The molecule has 1 atom stereocenters. The molecule has 5 nitrogen and oxygen atoms in total. The van der Waals surface area contributed by atoms with Gasteiger partial charge in [-0.25, -0.2) is 0 Å². The molecule has 0 fully saturated rings. The lowest BCUT2D eigenvalue weighted by atomic mass is 10.1. The average Bonchev–Trinajstić information content (AvgIpc) is 2.88. The summed E-state index contributed by atoms with van der Waals surface area (Å²) in [6, 6.07) is 5.97. The van der Waals surface area contributed by atoms with Crippen LogP contribution in [0, 0.1) is 0 Å². The van der Waals surface area contributed by atoms with Gasteiger partial charge in [0.1, 0.15) is 0 Å². The van der Waals surface area contributed by atoms with E-state index in [2.05, 4.69) is 51.4 Å². The number of nitrogens with zero attached hydrogens (tertiary/aromatic N) is 3. The van der Waals surface area contributed by atoms with Gasteiger partial charge in [0.2, 0.25) is 0 Å². The maximum atomic E-state index is 5.71. The summed E-state index contributed by atoms with van der Waals surface area (Å²) < 4.78 is 2.99. The maximum Gasteiger partial charge on any atom is 0.0732 e. The monoisotopic (exact) mass is 337 g/mol. The molecule has 0 spiro atoms. The summed E-state index contributed by atoms with van der Waals surface area (Å²) in [5.74, 6) is 5.71. The highest BCUT2D eigenvalue weighted by Crippen LogP contribution is 2.23. The van der Waals surface area contributed by atoms with E-state index in [1.807, 2.05) is 16.8 Å². The molecule has 0 saturated carbocycles. The lowest BCUT2D eigenvalue weighted by Gasteiger charge is -2.17. The summed E-state index contributed by atoms with van der Waals surface area (Å²) in [7, 11) is 0. The van der Waals surface area contributed by atoms with Crippen LogP contribution in [0.25, 0.3) is 0 Å². The Kier molecular flexibility index (Phi) is 5.28. The first kappa shape index (κ1) is 15.2. The molecular formula is C14H20BrN5. The van der Waals surface area contributed by atoms with Crippen molar-refractivity contribution in [3.05, 3.63) is 46.0 Å². The second-order valence-electron chi connectivity index (χ2n) is 4.59. The molecule has 0 aromatic carbocycles. The first-order valence-corrected chi connectivity index (χ1v) is 7.61. The Labute approximate surface area is 127 Å². The van der Waals surface area contributed by atoms with E-state index >= 15 is 0 Å². The molecule has 108 valence electrons. The van der Waals surface area contributed by atoms with E-state index in [9.17, 15) is 0 Å². The van der Waals surface area contributed by atoms with Crippen LogP contribution < -0.4 is 11.3 Å². The summed E-state index contributed by atoms with van der Waals surface area (Å²) in [5.41, 5.74) is 6.05. The summed E-state index contributed by atoms with van der Waals surface area (Å²) in [4.78, 5) is 4.41. The third-order valence-corrected chi connectivity index (χ3v) is 3.98. The Morgan fingerprint density at radius 2 is 2.25 bits per heavy atom.